The summed E-state index contributed by atoms with van der Waals surface area (Å²) in [6.45, 7) is 3.32. The van der Waals surface area contributed by atoms with E-state index in [1.807, 2.05) is 41.3 Å². The first kappa shape index (κ1) is 18.8. The van der Waals surface area contributed by atoms with Gasteiger partial charge in [-0.05, 0) is 43.7 Å². The van der Waals surface area contributed by atoms with E-state index in [4.69, 9.17) is 16.0 Å². The predicted octanol–water partition coefficient (Wildman–Crippen LogP) is 4.12. The fourth-order valence-corrected chi connectivity index (χ4v) is 3.01. The topological polar surface area (TPSA) is 45.5 Å². The first-order chi connectivity index (χ1) is 11.2. The van der Waals surface area contributed by atoms with Crippen LogP contribution in [0.4, 0.5) is 0 Å². The highest BCUT2D eigenvalue weighted by Gasteiger charge is 2.18. The van der Waals surface area contributed by atoms with E-state index >= 15 is 0 Å². The zero-order valence-corrected chi connectivity index (χ0v) is 15.0. The summed E-state index contributed by atoms with van der Waals surface area (Å²) in [6, 6.07) is 11.6. The second-order valence-corrected chi connectivity index (χ2v) is 6.23. The number of halogens is 2. The molecule has 0 unspecified atom stereocenters. The maximum Gasteiger partial charge on any atom is 0.222 e. The lowest BCUT2D eigenvalue weighted by Gasteiger charge is -2.15. The maximum atomic E-state index is 11.5. The summed E-state index contributed by atoms with van der Waals surface area (Å²) in [7, 11) is 0. The van der Waals surface area contributed by atoms with E-state index in [1.54, 1.807) is 0 Å². The van der Waals surface area contributed by atoms with Gasteiger partial charge in [0.15, 0.2) is 0 Å². The van der Waals surface area contributed by atoms with Gasteiger partial charge in [-0.25, -0.2) is 0 Å². The van der Waals surface area contributed by atoms with Gasteiger partial charge in [0.05, 0.1) is 6.54 Å². The lowest BCUT2D eigenvalue weighted by Crippen LogP contribution is -2.28. The molecule has 0 spiro atoms. The molecule has 1 amide bonds. The largest absolute Gasteiger partial charge is 0.460 e. The van der Waals surface area contributed by atoms with Gasteiger partial charge in [-0.1, -0.05) is 23.7 Å². The van der Waals surface area contributed by atoms with Crippen LogP contribution in [0.15, 0.2) is 40.8 Å². The van der Waals surface area contributed by atoms with Gasteiger partial charge in [0.25, 0.3) is 0 Å². The van der Waals surface area contributed by atoms with Crippen molar-refractivity contribution in [3.05, 3.63) is 47.2 Å². The van der Waals surface area contributed by atoms with Crippen LogP contribution in [0.1, 0.15) is 25.0 Å². The van der Waals surface area contributed by atoms with Crippen molar-refractivity contribution in [2.75, 3.05) is 19.6 Å². The van der Waals surface area contributed by atoms with Crippen LogP contribution in [0.2, 0.25) is 5.02 Å². The smallest absolute Gasteiger partial charge is 0.222 e. The first-order valence-electron chi connectivity index (χ1n) is 8.05. The molecule has 4 nitrogen and oxygen atoms in total. The van der Waals surface area contributed by atoms with E-state index in [2.05, 4.69) is 5.32 Å². The molecule has 6 heteroatoms. The number of carbonyl (C=O) groups excluding carboxylic acids is 1. The molecule has 3 rings (SSSR count). The van der Waals surface area contributed by atoms with Crippen molar-refractivity contribution in [2.24, 2.45) is 0 Å². The Morgan fingerprint density at radius 3 is 2.88 bits per heavy atom. The summed E-state index contributed by atoms with van der Waals surface area (Å²) in [5, 5.41) is 4.06. The zero-order chi connectivity index (χ0) is 16.1. The minimum absolute atomic E-state index is 0. The fraction of sp³-hybridized carbons (Fsp3) is 0.389. The van der Waals surface area contributed by atoms with Crippen LogP contribution >= 0.6 is 24.0 Å². The number of furan rings is 1. The summed E-state index contributed by atoms with van der Waals surface area (Å²) in [5.41, 5.74) is 0.983. The van der Waals surface area contributed by atoms with Crippen LogP contribution in [-0.2, 0) is 11.3 Å². The van der Waals surface area contributed by atoms with Crippen LogP contribution in [0, 0.1) is 0 Å². The molecule has 0 atom stereocenters. The summed E-state index contributed by atoms with van der Waals surface area (Å²) in [6.07, 6.45) is 2.69. The van der Waals surface area contributed by atoms with Crippen LogP contribution in [0.25, 0.3) is 11.3 Å². The SMILES string of the molecule is Cl.O=C1CCCN1CCCNCc1ccc(-c2cccc(Cl)c2)o1. The second kappa shape index (κ2) is 9.11. The predicted molar refractivity (Wildman–Crippen MR) is 98.5 cm³/mol. The Bertz CT molecular complexity index is 673. The number of likely N-dealkylation sites (tertiary alicyclic amines) is 1. The lowest BCUT2D eigenvalue weighted by atomic mass is 10.2. The number of nitrogens with one attached hydrogen (secondary N) is 1. The van der Waals surface area contributed by atoms with Crippen molar-refractivity contribution in [1.29, 1.82) is 0 Å². The molecule has 130 valence electrons. The summed E-state index contributed by atoms with van der Waals surface area (Å²) in [5.74, 6) is 2.02. The molecule has 1 saturated heterocycles. The third-order valence-electron chi connectivity index (χ3n) is 4.02. The van der Waals surface area contributed by atoms with Crippen molar-refractivity contribution >= 4 is 29.9 Å². The molecule has 0 bridgehead atoms. The Kier molecular flexibility index (Phi) is 7.16. The number of benzene rings is 1. The average molecular weight is 369 g/mol. The third kappa shape index (κ3) is 5.00. The number of hydrogen-bond acceptors (Lipinski definition) is 3. The fourth-order valence-electron chi connectivity index (χ4n) is 2.82. The van der Waals surface area contributed by atoms with Crippen LogP contribution in [-0.4, -0.2) is 30.4 Å². The zero-order valence-electron chi connectivity index (χ0n) is 13.5. The van der Waals surface area contributed by atoms with Crippen LogP contribution in [0.3, 0.4) is 0 Å². The van der Waals surface area contributed by atoms with Crippen LogP contribution in [0.5, 0.6) is 0 Å². The van der Waals surface area contributed by atoms with Crippen molar-refractivity contribution in [3.8, 4) is 11.3 Å². The van der Waals surface area contributed by atoms with E-state index < -0.39 is 0 Å². The molecule has 1 aliphatic heterocycles. The number of carbonyl (C=O) groups is 1. The Labute approximate surface area is 153 Å². The highest BCUT2D eigenvalue weighted by atomic mass is 35.5. The first-order valence-corrected chi connectivity index (χ1v) is 8.43. The molecular weight excluding hydrogens is 347 g/mol. The van der Waals surface area contributed by atoms with E-state index in [1.165, 1.54) is 0 Å². The highest BCUT2D eigenvalue weighted by Crippen LogP contribution is 2.24. The number of rotatable bonds is 7. The third-order valence-corrected chi connectivity index (χ3v) is 4.26. The number of amides is 1. The van der Waals surface area contributed by atoms with Gasteiger partial charge < -0.3 is 14.6 Å². The van der Waals surface area contributed by atoms with Gasteiger partial charge in [0, 0.05) is 30.1 Å². The van der Waals surface area contributed by atoms with Gasteiger partial charge in [0.1, 0.15) is 11.5 Å². The van der Waals surface area contributed by atoms with Crippen molar-refractivity contribution < 1.29 is 9.21 Å². The Morgan fingerprint density at radius 1 is 1.25 bits per heavy atom. The Hall–Kier alpha value is -1.49. The van der Waals surface area contributed by atoms with E-state index in [-0.39, 0.29) is 12.4 Å². The summed E-state index contributed by atoms with van der Waals surface area (Å²) in [4.78, 5) is 13.5. The molecule has 1 aromatic carbocycles. The molecule has 2 heterocycles. The molecule has 0 radical (unpaired) electrons. The second-order valence-electron chi connectivity index (χ2n) is 5.79. The minimum atomic E-state index is 0. The molecule has 0 saturated carbocycles. The molecule has 1 N–H and O–H groups in total. The van der Waals surface area contributed by atoms with Gasteiger partial charge in [-0.15, -0.1) is 12.4 Å². The Morgan fingerprint density at radius 2 is 2.12 bits per heavy atom. The molecular formula is C18H22Cl2N2O2. The van der Waals surface area contributed by atoms with Crippen molar-refractivity contribution in [1.82, 2.24) is 10.2 Å². The monoisotopic (exact) mass is 368 g/mol. The van der Waals surface area contributed by atoms with E-state index in [0.717, 1.165) is 49.6 Å². The number of hydrogen-bond donors (Lipinski definition) is 1. The standard InChI is InChI=1S/C18H21ClN2O2.ClH/c19-15-5-1-4-14(12-15)17-8-7-16(23-17)13-20-9-3-11-21-10-2-6-18(21)22;/h1,4-5,7-8,12,20H,2-3,6,9-11,13H2;1H. The van der Waals surface area contributed by atoms with Gasteiger partial charge in [-0.2, -0.15) is 0 Å². The summed E-state index contributed by atoms with van der Waals surface area (Å²) < 4.78 is 5.84. The van der Waals surface area contributed by atoms with Gasteiger partial charge in [0.2, 0.25) is 5.91 Å². The highest BCUT2D eigenvalue weighted by molar-refractivity contribution is 6.30. The molecule has 24 heavy (non-hydrogen) atoms. The molecule has 1 aromatic heterocycles. The Balaban J connectivity index is 0.00000208. The summed E-state index contributed by atoms with van der Waals surface area (Å²) >= 11 is 6.00. The molecule has 2 aromatic rings. The molecule has 1 fully saturated rings. The van der Waals surface area contributed by atoms with Crippen molar-refractivity contribution in [3.63, 3.8) is 0 Å². The van der Waals surface area contributed by atoms with Gasteiger partial charge >= 0.3 is 0 Å². The van der Waals surface area contributed by atoms with Gasteiger partial charge in [-0.3, -0.25) is 4.79 Å². The van der Waals surface area contributed by atoms with Crippen molar-refractivity contribution in [2.45, 2.75) is 25.8 Å². The normalized spacial score (nSPS) is 14.0. The molecule has 0 aliphatic carbocycles. The van der Waals surface area contributed by atoms with Crippen LogP contribution < -0.4 is 5.32 Å². The van der Waals surface area contributed by atoms with E-state index in [9.17, 15) is 4.79 Å². The minimum Gasteiger partial charge on any atom is -0.460 e. The van der Waals surface area contributed by atoms with E-state index in [0.29, 0.717) is 23.9 Å². The average Bonchev–Trinajstić information content (AvgIpc) is 3.17. The quantitative estimate of drug-likeness (QED) is 0.747. The lowest BCUT2D eigenvalue weighted by molar-refractivity contribution is -0.127. The number of nitrogens with zero attached hydrogens (tertiary/aromatic N) is 1. The maximum absolute atomic E-state index is 11.5. The molecule has 1 aliphatic rings.